The van der Waals surface area contributed by atoms with Crippen molar-refractivity contribution in [1.29, 1.82) is 5.26 Å². The molecule has 2 saturated heterocycles. The van der Waals surface area contributed by atoms with Crippen molar-refractivity contribution in [3.05, 3.63) is 35.5 Å². The Bertz CT molecular complexity index is 948. The maximum absolute atomic E-state index is 8.94. The van der Waals surface area contributed by atoms with Crippen LogP contribution in [0.15, 0.2) is 29.2 Å². The summed E-state index contributed by atoms with van der Waals surface area (Å²) in [5.74, 6) is 3.75. The van der Waals surface area contributed by atoms with E-state index < -0.39 is 0 Å². The molecule has 0 aliphatic carbocycles. The van der Waals surface area contributed by atoms with Crippen LogP contribution in [0.5, 0.6) is 5.75 Å². The third-order valence-corrected chi connectivity index (χ3v) is 7.21. The number of ether oxygens (including phenoxy) is 2. The van der Waals surface area contributed by atoms with Crippen LogP contribution in [0, 0.1) is 11.3 Å². The summed E-state index contributed by atoms with van der Waals surface area (Å²) in [5, 5.41) is 12.6. The number of piperidine rings is 1. The Hall–Kier alpha value is -2.50. The maximum atomic E-state index is 8.94. The second-order valence-electron chi connectivity index (χ2n) is 8.22. The summed E-state index contributed by atoms with van der Waals surface area (Å²) in [4.78, 5) is 13.4. The van der Waals surface area contributed by atoms with Crippen molar-refractivity contribution in [1.82, 2.24) is 9.97 Å². The lowest BCUT2D eigenvalue weighted by atomic mass is 10.1. The van der Waals surface area contributed by atoms with E-state index in [1.54, 1.807) is 12.1 Å². The van der Waals surface area contributed by atoms with Gasteiger partial charge in [-0.05, 0) is 37.1 Å². The fraction of sp³-hybridized carbons (Fsp3) is 0.522. The molecule has 0 amide bonds. The van der Waals surface area contributed by atoms with Crippen LogP contribution in [-0.4, -0.2) is 54.2 Å². The molecule has 0 unspecified atom stereocenters. The Balaban J connectivity index is 1.24. The van der Waals surface area contributed by atoms with Gasteiger partial charge in [-0.3, -0.25) is 0 Å². The molecule has 1 N–H and O–H groups in total. The number of rotatable bonds is 5. The third-order valence-electron chi connectivity index (χ3n) is 6.08. The summed E-state index contributed by atoms with van der Waals surface area (Å²) in [6.45, 7) is 3.39. The molecule has 0 spiro atoms. The topological polar surface area (TPSA) is 83.3 Å². The standard InChI is InChI=1S/C23H27N5O2S/c24-15-16-1-3-18(4-2-16)30-19-5-10-28(11-6-19)23-26-20-9-14-31-21(20)22(27-23)25-17-7-12-29-13-8-17/h1-4,17,19H,5-14H2,(H,25,26,27). The highest BCUT2D eigenvalue weighted by Crippen LogP contribution is 2.37. The maximum Gasteiger partial charge on any atom is 0.227 e. The molecule has 2 aromatic rings. The highest BCUT2D eigenvalue weighted by atomic mass is 32.2. The zero-order chi connectivity index (χ0) is 21.0. The Morgan fingerprint density at radius 3 is 2.61 bits per heavy atom. The minimum Gasteiger partial charge on any atom is -0.490 e. The van der Waals surface area contributed by atoms with E-state index in [-0.39, 0.29) is 6.10 Å². The summed E-state index contributed by atoms with van der Waals surface area (Å²) >= 11 is 1.87. The largest absolute Gasteiger partial charge is 0.490 e. The van der Waals surface area contributed by atoms with E-state index in [2.05, 4.69) is 16.3 Å². The normalized spacial score (nSPS) is 19.6. The molecular formula is C23H27N5O2S. The first-order valence-electron chi connectivity index (χ1n) is 11.1. The van der Waals surface area contributed by atoms with Gasteiger partial charge in [0.15, 0.2) is 0 Å². The molecule has 0 atom stereocenters. The summed E-state index contributed by atoms with van der Waals surface area (Å²) in [7, 11) is 0. The van der Waals surface area contributed by atoms with Crippen LogP contribution in [0.2, 0.25) is 0 Å². The van der Waals surface area contributed by atoms with Gasteiger partial charge in [-0.15, -0.1) is 11.8 Å². The molecule has 5 rings (SSSR count). The highest BCUT2D eigenvalue weighted by molar-refractivity contribution is 7.99. The van der Waals surface area contributed by atoms with Crippen LogP contribution >= 0.6 is 11.8 Å². The van der Waals surface area contributed by atoms with E-state index >= 15 is 0 Å². The van der Waals surface area contributed by atoms with Gasteiger partial charge in [0.2, 0.25) is 5.95 Å². The Morgan fingerprint density at radius 1 is 1.10 bits per heavy atom. The predicted molar refractivity (Wildman–Crippen MR) is 121 cm³/mol. The minimum absolute atomic E-state index is 0.175. The highest BCUT2D eigenvalue weighted by Gasteiger charge is 2.27. The van der Waals surface area contributed by atoms with Gasteiger partial charge in [0.25, 0.3) is 0 Å². The van der Waals surface area contributed by atoms with Crippen molar-refractivity contribution in [3.8, 4) is 11.8 Å². The average Bonchev–Trinajstić information content (AvgIpc) is 3.30. The molecule has 0 saturated carbocycles. The first-order chi connectivity index (χ1) is 15.3. The SMILES string of the molecule is N#Cc1ccc(OC2CCN(c3nc4c(c(NC5CCOCC5)n3)SCC4)CC2)cc1. The zero-order valence-electron chi connectivity index (χ0n) is 17.5. The van der Waals surface area contributed by atoms with Crippen molar-refractivity contribution in [2.75, 3.05) is 42.3 Å². The van der Waals surface area contributed by atoms with E-state index in [4.69, 9.17) is 24.7 Å². The first-order valence-corrected chi connectivity index (χ1v) is 12.1. The molecule has 3 aliphatic heterocycles. The summed E-state index contributed by atoms with van der Waals surface area (Å²) in [6.07, 6.45) is 5.09. The van der Waals surface area contributed by atoms with Crippen LogP contribution < -0.4 is 15.0 Å². The molecule has 1 aromatic heterocycles. The number of benzene rings is 1. The predicted octanol–water partition coefficient (Wildman–Crippen LogP) is 3.64. The average molecular weight is 438 g/mol. The van der Waals surface area contributed by atoms with Crippen molar-refractivity contribution >= 4 is 23.5 Å². The van der Waals surface area contributed by atoms with E-state index in [1.165, 1.54) is 10.6 Å². The van der Waals surface area contributed by atoms with Crippen molar-refractivity contribution < 1.29 is 9.47 Å². The molecule has 1 aromatic carbocycles. The third kappa shape index (κ3) is 4.73. The quantitative estimate of drug-likeness (QED) is 0.759. The lowest BCUT2D eigenvalue weighted by molar-refractivity contribution is 0.0903. The zero-order valence-corrected chi connectivity index (χ0v) is 18.4. The number of anilines is 2. The van der Waals surface area contributed by atoms with Gasteiger partial charge in [0.05, 0.1) is 22.2 Å². The first kappa shape index (κ1) is 20.4. The van der Waals surface area contributed by atoms with Crippen LogP contribution in [-0.2, 0) is 11.2 Å². The van der Waals surface area contributed by atoms with E-state index in [1.807, 2.05) is 23.9 Å². The fourth-order valence-corrected chi connectivity index (χ4v) is 5.36. The fourth-order valence-electron chi connectivity index (χ4n) is 4.30. The van der Waals surface area contributed by atoms with E-state index in [0.29, 0.717) is 11.6 Å². The number of fused-ring (bicyclic) bond motifs is 1. The Labute approximate surface area is 187 Å². The van der Waals surface area contributed by atoms with E-state index in [0.717, 1.165) is 81.7 Å². The molecule has 2 fully saturated rings. The van der Waals surface area contributed by atoms with Gasteiger partial charge in [-0.2, -0.15) is 10.2 Å². The Kier molecular flexibility index (Phi) is 6.14. The number of nitrogens with zero attached hydrogens (tertiary/aromatic N) is 4. The Morgan fingerprint density at radius 2 is 1.87 bits per heavy atom. The number of hydrogen-bond donors (Lipinski definition) is 1. The minimum atomic E-state index is 0.175. The number of nitrogens with one attached hydrogen (secondary N) is 1. The van der Waals surface area contributed by atoms with Crippen LogP contribution in [0.25, 0.3) is 0 Å². The number of aryl methyl sites for hydroxylation is 1. The molecule has 0 radical (unpaired) electrons. The van der Waals surface area contributed by atoms with Gasteiger partial charge in [0, 0.05) is 57.4 Å². The van der Waals surface area contributed by atoms with E-state index in [9.17, 15) is 0 Å². The summed E-state index contributed by atoms with van der Waals surface area (Å²) in [5.41, 5.74) is 1.83. The van der Waals surface area contributed by atoms with Gasteiger partial charge in [-0.25, -0.2) is 4.98 Å². The number of hydrogen-bond acceptors (Lipinski definition) is 8. The molecule has 0 bridgehead atoms. The molecule has 162 valence electrons. The molecule has 8 heteroatoms. The van der Waals surface area contributed by atoms with Crippen molar-refractivity contribution in [2.24, 2.45) is 0 Å². The van der Waals surface area contributed by atoms with Crippen LogP contribution in [0.1, 0.15) is 36.9 Å². The second kappa shape index (κ2) is 9.33. The van der Waals surface area contributed by atoms with Crippen molar-refractivity contribution in [2.45, 2.75) is 49.1 Å². The van der Waals surface area contributed by atoms with Gasteiger partial charge >= 0.3 is 0 Å². The van der Waals surface area contributed by atoms with Crippen LogP contribution in [0.3, 0.4) is 0 Å². The monoisotopic (exact) mass is 437 g/mol. The van der Waals surface area contributed by atoms with Crippen molar-refractivity contribution in [3.63, 3.8) is 0 Å². The van der Waals surface area contributed by atoms with Gasteiger partial charge < -0.3 is 19.7 Å². The number of thioether (sulfide) groups is 1. The summed E-state index contributed by atoms with van der Waals surface area (Å²) < 4.78 is 11.6. The lowest BCUT2D eigenvalue weighted by Crippen LogP contribution is -2.39. The smallest absolute Gasteiger partial charge is 0.227 e. The molecule has 7 nitrogen and oxygen atoms in total. The second-order valence-corrected chi connectivity index (χ2v) is 9.32. The molecular weight excluding hydrogens is 410 g/mol. The molecule has 31 heavy (non-hydrogen) atoms. The number of aromatic nitrogens is 2. The molecule has 4 heterocycles. The molecule has 3 aliphatic rings. The lowest BCUT2D eigenvalue weighted by Gasteiger charge is -2.33. The van der Waals surface area contributed by atoms with Gasteiger partial charge in [0.1, 0.15) is 17.7 Å². The summed E-state index contributed by atoms with van der Waals surface area (Å²) in [6, 6.07) is 9.91. The van der Waals surface area contributed by atoms with Crippen LogP contribution in [0.4, 0.5) is 11.8 Å². The van der Waals surface area contributed by atoms with Gasteiger partial charge in [-0.1, -0.05) is 0 Å². The number of nitriles is 1.